The van der Waals surface area contributed by atoms with Crippen LogP contribution in [0.4, 0.5) is 0 Å². The van der Waals surface area contributed by atoms with E-state index in [0.29, 0.717) is 17.7 Å². The first-order valence-electron chi connectivity index (χ1n) is 9.69. The fourth-order valence-electron chi connectivity index (χ4n) is 3.62. The number of aromatic nitrogens is 3. The summed E-state index contributed by atoms with van der Waals surface area (Å²) in [6, 6.07) is 13.1. The first-order valence-corrected chi connectivity index (χ1v) is 9.69. The van der Waals surface area contributed by atoms with Crippen LogP contribution in [0.2, 0.25) is 0 Å². The molecule has 0 bridgehead atoms. The standard InChI is InChI=1S/C22H26N4O/c1-15(2)18-10-7-17(8-11-18)14-26-12-4-5-20(26)22-25-24-21(27-22)19-9-6-16(3)23-13-19/h6-11,13,15,20H,4-5,12,14H2,1-3H3. The molecule has 3 heterocycles. The molecule has 5 nitrogen and oxygen atoms in total. The van der Waals surface area contributed by atoms with Crippen molar-refractivity contribution in [2.75, 3.05) is 6.54 Å². The Morgan fingerprint density at radius 3 is 2.63 bits per heavy atom. The maximum atomic E-state index is 6.01. The van der Waals surface area contributed by atoms with Crippen molar-refractivity contribution in [1.29, 1.82) is 0 Å². The molecule has 1 unspecified atom stereocenters. The van der Waals surface area contributed by atoms with E-state index in [0.717, 1.165) is 37.2 Å². The molecule has 1 fully saturated rings. The monoisotopic (exact) mass is 362 g/mol. The van der Waals surface area contributed by atoms with Crippen molar-refractivity contribution in [2.24, 2.45) is 0 Å². The molecule has 140 valence electrons. The van der Waals surface area contributed by atoms with Crippen molar-refractivity contribution in [2.45, 2.75) is 52.1 Å². The highest BCUT2D eigenvalue weighted by Crippen LogP contribution is 2.33. The van der Waals surface area contributed by atoms with E-state index in [1.165, 1.54) is 11.1 Å². The molecule has 1 saturated heterocycles. The summed E-state index contributed by atoms with van der Waals surface area (Å²) in [5.41, 5.74) is 4.55. The summed E-state index contributed by atoms with van der Waals surface area (Å²) in [5, 5.41) is 8.59. The number of pyridine rings is 1. The number of hydrogen-bond acceptors (Lipinski definition) is 5. The Bertz CT molecular complexity index is 883. The number of nitrogens with zero attached hydrogens (tertiary/aromatic N) is 4. The lowest BCUT2D eigenvalue weighted by atomic mass is 10.0. The van der Waals surface area contributed by atoms with Crippen LogP contribution in [0.15, 0.2) is 47.0 Å². The number of hydrogen-bond donors (Lipinski definition) is 0. The predicted octanol–water partition coefficient (Wildman–Crippen LogP) is 4.90. The normalized spacial score (nSPS) is 17.7. The van der Waals surface area contributed by atoms with E-state index in [4.69, 9.17) is 4.42 Å². The highest BCUT2D eigenvalue weighted by Gasteiger charge is 2.30. The number of likely N-dealkylation sites (tertiary alicyclic amines) is 1. The highest BCUT2D eigenvalue weighted by molar-refractivity contribution is 5.50. The SMILES string of the molecule is Cc1ccc(-c2nnc(C3CCCN3Cc3ccc(C(C)C)cc3)o2)cn1. The molecule has 0 aliphatic carbocycles. The van der Waals surface area contributed by atoms with Gasteiger partial charge in [0.25, 0.3) is 0 Å². The lowest BCUT2D eigenvalue weighted by Gasteiger charge is -2.21. The van der Waals surface area contributed by atoms with E-state index in [-0.39, 0.29) is 6.04 Å². The maximum Gasteiger partial charge on any atom is 0.249 e. The molecule has 0 N–H and O–H groups in total. The molecular weight excluding hydrogens is 336 g/mol. The summed E-state index contributed by atoms with van der Waals surface area (Å²) in [6.45, 7) is 8.38. The summed E-state index contributed by atoms with van der Waals surface area (Å²) >= 11 is 0. The van der Waals surface area contributed by atoms with Gasteiger partial charge in [0.2, 0.25) is 11.8 Å². The van der Waals surface area contributed by atoms with Gasteiger partial charge in [0.1, 0.15) is 0 Å². The van der Waals surface area contributed by atoms with Crippen LogP contribution in [-0.2, 0) is 6.54 Å². The molecule has 1 atom stereocenters. The van der Waals surface area contributed by atoms with Crippen LogP contribution in [0.25, 0.3) is 11.5 Å². The maximum absolute atomic E-state index is 6.01. The van der Waals surface area contributed by atoms with Crippen LogP contribution in [0, 0.1) is 6.92 Å². The molecule has 1 aliphatic rings. The smallest absolute Gasteiger partial charge is 0.249 e. The van der Waals surface area contributed by atoms with Gasteiger partial charge in [-0.25, -0.2) is 0 Å². The van der Waals surface area contributed by atoms with Gasteiger partial charge in [-0.2, -0.15) is 0 Å². The van der Waals surface area contributed by atoms with E-state index in [1.807, 2.05) is 19.1 Å². The van der Waals surface area contributed by atoms with Crippen LogP contribution in [-0.4, -0.2) is 26.6 Å². The molecule has 0 spiro atoms. The second-order valence-electron chi connectivity index (χ2n) is 7.66. The van der Waals surface area contributed by atoms with Gasteiger partial charge in [-0.05, 0) is 55.5 Å². The Balaban J connectivity index is 1.49. The lowest BCUT2D eigenvalue weighted by molar-refractivity contribution is 0.215. The Morgan fingerprint density at radius 2 is 1.93 bits per heavy atom. The van der Waals surface area contributed by atoms with Gasteiger partial charge in [0, 0.05) is 18.4 Å². The van der Waals surface area contributed by atoms with Crippen molar-refractivity contribution in [3.63, 3.8) is 0 Å². The third kappa shape index (κ3) is 3.93. The zero-order valence-corrected chi connectivity index (χ0v) is 16.2. The minimum Gasteiger partial charge on any atom is -0.419 e. The molecular formula is C22H26N4O. The molecule has 0 amide bonds. The van der Waals surface area contributed by atoms with Crippen LogP contribution < -0.4 is 0 Å². The van der Waals surface area contributed by atoms with Crippen LogP contribution >= 0.6 is 0 Å². The molecule has 5 heteroatoms. The van der Waals surface area contributed by atoms with E-state index >= 15 is 0 Å². The molecule has 1 aromatic carbocycles. The van der Waals surface area contributed by atoms with Crippen molar-refractivity contribution in [3.8, 4) is 11.5 Å². The van der Waals surface area contributed by atoms with Crippen molar-refractivity contribution < 1.29 is 4.42 Å². The first kappa shape index (κ1) is 17.9. The number of rotatable bonds is 5. The average Bonchev–Trinajstić information content (AvgIpc) is 3.32. The molecule has 0 saturated carbocycles. The topological polar surface area (TPSA) is 55.1 Å². The minimum atomic E-state index is 0.189. The van der Waals surface area contributed by atoms with Crippen molar-refractivity contribution in [3.05, 3.63) is 65.3 Å². The van der Waals surface area contributed by atoms with E-state index in [1.54, 1.807) is 6.20 Å². The zero-order chi connectivity index (χ0) is 18.8. The second-order valence-corrected chi connectivity index (χ2v) is 7.66. The number of aryl methyl sites for hydroxylation is 1. The largest absolute Gasteiger partial charge is 0.419 e. The van der Waals surface area contributed by atoms with E-state index in [9.17, 15) is 0 Å². The third-order valence-corrected chi connectivity index (χ3v) is 5.28. The summed E-state index contributed by atoms with van der Waals surface area (Å²) < 4.78 is 6.01. The lowest BCUT2D eigenvalue weighted by Crippen LogP contribution is -2.23. The van der Waals surface area contributed by atoms with Gasteiger partial charge in [0.15, 0.2) is 0 Å². The van der Waals surface area contributed by atoms with Gasteiger partial charge >= 0.3 is 0 Å². The van der Waals surface area contributed by atoms with E-state index < -0.39 is 0 Å². The van der Waals surface area contributed by atoms with Gasteiger partial charge < -0.3 is 4.42 Å². The van der Waals surface area contributed by atoms with Crippen LogP contribution in [0.1, 0.15) is 61.4 Å². The molecule has 1 aliphatic heterocycles. The molecule has 27 heavy (non-hydrogen) atoms. The number of benzene rings is 1. The van der Waals surface area contributed by atoms with Crippen LogP contribution in [0.3, 0.4) is 0 Å². The Kier molecular flexibility index (Phi) is 5.03. The third-order valence-electron chi connectivity index (χ3n) is 5.28. The quantitative estimate of drug-likeness (QED) is 0.646. The molecule has 2 aromatic heterocycles. The van der Waals surface area contributed by atoms with Crippen molar-refractivity contribution in [1.82, 2.24) is 20.1 Å². The second kappa shape index (κ2) is 7.61. The first-order chi connectivity index (χ1) is 13.1. The highest BCUT2D eigenvalue weighted by atomic mass is 16.4. The summed E-state index contributed by atoms with van der Waals surface area (Å²) in [4.78, 5) is 6.75. The van der Waals surface area contributed by atoms with Crippen molar-refractivity contribution >= 4 is 0 Å². The molecule has 0 radical (unpaired) electrons. The Labute approximate surface area is 160 Å². The van der Waals surface area contributed by atoms with Gasteiger partial charge in [-0.15, -0.1) is 10.2 Å². The average molecular weight is 362 g/mol. The Morgan fingerprint density at radius 1 is 1.11 bits per heavy atom. The molecule has 3 aromatic rings. The fraction of sp³-hybridized carbons (Fsp3) is 0.409. The predicted molar refractivity (Wildman–Crippen MR) is 105 cm³/mol. The zero-order valence-electron chi connectivity index (χ0n) is 16.2. The summed E-state index contributed by atoms with van der Waals surface area (Å²) in [5.74, 6) is 1.82. The van der Waals surface area contributed by atoms with Gasteiger partial charge in [0.05, 0.1) is 11.6 Å². The van der Waals surface area contributed by atoms with E-state index in [2.05, 4.69) is 58.2 Å². The minimum absolute atomic E-state index is 0.189. The molecule has 4 rings (SSSR count). The Hall–Kier alpha value is -2.53. The van der Waals surface area contributed by atoms with Crippen LogP contribution in [0.5, 0.6) is 0 Å². The van der Waals surface area contributed by atoms with Gasteiger partial charge in [-0.3, -0.25) is 9.88 Å². The van der Waals surface area contributed by atoms with Gasteiger partial charge in [-0.1, -0.05) is 38.1 Å². The fourth-order valence-corrected chi connectivity index (χ4v) is 3.62. The summed E-state index contributed by atoms with van der Waals surface area (Å²) in [6.07, 6.45) is 3.99. The summed E-state index contributed by atoms with van der Waals surface area (Å²) in [7, 11) is 0.